The van der Waals surface area contributed by atoms with Gasteiger partial charge in [0.25, 0.3) is 5.91 Å². The van der Waals surface area contributed by atoms with Gasteiger partial charge in [-0.15, -0.1) is 0 Å². The standard InChI is InChI=1S/C13H17N5O2/c1-8(2)18-11-9(7-16-18)5-10(6-15-11)12(19)17(4)13(20)14-3/h5-8H,1-4H3,(H,14,20). The molecule has 106 valence electrons. The van der Waals surface area contributed by atoms with Crippen molar-refractivity contribution < 1.29 is 9.59 Å². The van der Waals surface area contributed by atoms with Crippen LogP contribution in [0.1, 0.15) is 30.2 Å². The van der Waals surface area contributed by atoms with Gasteiger partial charge in [-0.1, -0.05) is 0 Å². The van der Waals surface area contributed by atoms with Crippen LogP contribution in [-0.2, 0) is 0 Å². The van der Waals surface area contributed by atoms with Crippen LogP contribution in [0.3, 0.4) is 0 Å². The van der Waals surface area contributed by atoms with E-state index in [1.54, 1.807) is 16.9 Å². The molecule has 0 unspecified atom stereocenters. The predicted octanol–water partition coefficient (Wildman–Crippen LogP) is 1.42. The first-order valence-electron chi connectivity index (χ1n) is 6.28. The zero-order valence-electron chi connectivity index (χ0n) is 11.9. The van der Waals surface area contributed by atoms with E-state index >= 15 is 0 Å². The number of rotatable bonds is 2. The molecule has 0 aliphatic heterocycles. The third-order valence-electron chi connectivity index (χ3n) is 2.99. The van der Waals surface area contributed by atoms with E-state index in [0.717, 1.165) is 15.9 Å². The number of fused-ring (bicyclic) bond motifs is 1. The molecule has 2 heterocycles. The lowest BCUT2D eigenvalue weighted by Crippen LogP contribution is -2.39. The minimum atomic E-state index is -0.465. The van der Waals surface area contributed by atoms with Gasteiger partial charge in [0.1, 0.15) is 0 Å². The molecular weight excluding hydrogens is 258 g/mol. The number of carbonyl (C=O) groups is 2. The Bertz CT molecular complexity index is 662. The minimum Gasteiger partial charge on any atom is -0.341 e. The molecule has 0 aromatic carbocycles. The van der Waals surface area contributed by atoms with Gasteiger partial charge in [0.15, 0.2) is 5.65 Å². The molecule has 0 spiro atoms. The molecule has 0 saturated heterocycles. The smallest absolute Gasteiger partial charge is 0.323 e. The fourth-order valence-corrected chi connectivity index (χ4v) is 1.89. The first-order valence-corrected chi connectivity index (χ1v) is 6.28. The number of amides is 3. The van der Waals surface area contributed by atoms with E-state index < -0.39 is 11.9 Å². The summed E-state index contributed by atoms with van der Waals surface area (Å²) in [6.45, 7) is 4.01. The molecule has 2 aromatic rings. The molecule has 0 aliphatic carbocycles. The number of aromatic nitrogens is 3. The van der Waals surface area contributed by atoms with Gasteiger partial charge < -0.3 is 5.32 Å². The van der Waals surface area contributed by atoms with Crippen LogP contribution in [0, 0.1) is 0 Å². The topological polar surface area (TPSA) is 80.1 Å². The number of hydrogen-bond acceptors (Lipinski definition) is 4. The van der Waals surface area contributed by atoms with Gasteiger partial charge >= 0.3 is 6.03 Å². The molecule has 2 rings (SSSR count). The number of pyridine rings is 1. The van der Waals surface area contributed by atoms with Crippen molar-refractivity contribution in [2.45, 2.75) is 19.9 Å². The number of nitrogens with zero attached hydrogens (tertiary/aromatic N) is 4. The number of hydrogen-bond donors (Lipinski definition) is 1. The molecule has 20 heavy (non-hydrogen) atoms. The Morgan fingerprint density at radius 2 is 2.05 bits per heavy atom. The summed E-state index contributed by atoms with van der Waals surface area (Å²) in [4.78, 5) is 28.8. The van der Waals surface area contributed by atoms with Crippen molar-refractivity contribution in [2.75, 3.05) is 14.1 Å². The maximum absolute atomic E-state index is 12.1. The molecule has 0 radical (unpaired) electrons. The van der Waals surface area contributed by atoms with Gasteiger partial charge in [0.05, 0.1) is 11.8 Å². The van der Waals surface area contributed by atoms with Crippen LogP contribution >= 0.6 is 0 Å². The van der Waals surface area contributed by atoms with Crippen LogP contribution in [0.25, 0.3) is 11.0 Å². The van der Waals surface area contributed by atoms with Gasteiger partial charge in [-0.3, -0.25) is 9.69 Å². The number of urea groups is 1. The van der Waals surface area contributed by atoms with Crippen molar-refractivity contribution in [3.8, 4) is 0 Å². The van der Waals surface area contributed by atoms with Crippen LogP contribution in [0.5, 0.6) is 0 Å². The van der Waals surface area contributed by atoms with Crippen LogP contribution in [0.15, 0.2) is 18.5 Å². The first kappa shape index (κ1) is 14.0. The number of nitrogens with one attached hydrogen (secondary N) is 1. The SMILES string of the molecule is CNC(=O)N(C)C(=O)c1cnc2c(cnn2C(C)C)c1. The summed E-state index contributed by atoms with van der Waals surface area (Å²) in [5.74, 6) is -0.406. The molecular formula is C13H17N5O2. The van der Waals surface area contributed by atoms with Crippen molar-refractivity contribution in [1.82, 2.24) is 25.0 Å². The number of carbonyl (C=O) groups excluding carboxylic acids is 2. The lowest BCUT2D eigenvalue weighted by atomic mass is 10.2. The zero-order valence-corrected chi connectivity index (χ0v) is 11.9. The molecule has 1 N–H and O–H groups in total. The van der Waals surface area contributed by atoms with Crippen LogP contribution < -0.4 is 5.32 Å². The lowest BCUT2D eigenvalue weighted by molar-refractivity contribution is 0.0832. The maximum Gasteiger partial charge on any atom is 0.323 e. The summed E-state index contributed by atoms with van der Waals surface area (Å²) in [5.41, 5.74) is 1.08. The summed E-state index contributed by atoms with van der Waals surface area (Å²) in [6.07, 6.45) is 3.13. The van der Waals surface area contributed by atoms with Crippen molar-refractivity contribution in [1.29, 1.82) is 0 Å². The van der Waals surface area contributed by atoms with E-state index in [-0.39, 0.29) is 6.04 Å². The average molecular weight is 275 g/mol. The highest BCUT2D eigenvalue weighted by Crippen LogP contribution is 2.17. The van der Waals surface area contributed by atoms with Crippen LogP contribution in [0.2, 0.25) is 0 Å². The monoisotopic (exact) mass is 275 g/mol. The molecule has 0 saturated carbocycles. The highest BCUT2D eigenvalue weighted by Gasteiger charge is 2.19. The molecule has 0 bridgehead atoms. The summed E-state index contributed by atoms with van der Waals surface area (Å²) >= 11 is 0. The summed E-state index contributed by atoms with van der Waals surface area (Å²) < 4.78 is 1.78. The van der Waals surface area contributed by atoms with Gasteiger partial charge in [-0.25, -0.2) is 14.5 Å². The minimum absolute atomic E-state index is 0.190. The van der Waals surface area contributed by atoms with E-state index in [0.29, 0.717) is 5.56 Å². The normalized spacial score (nSPS) is 10.8. The van der Waals surface area contributed by atoms with Crippen LogP contribution in [-0.4, -0.2) is 45.7 Å². The van der Waals surface area contributed by atoms with Gasteiger partial charge in [0, 0.05) is 31.7 Å². The quantitative estimate of drug-likeness (QED) is 0.899. The first-order chi connectivity index (χ1) is 9.45. The Kier molecular flexibility index (Phi) is 3.69. The van der Waals surface area contributed by atoms with Crippen molar-refractivity contribution >= 4 is 23.0 Å². The van der Waals surface area contributed by atoms with Crippen molar-refractivity contribution in [3.63, 3.8) is 0 Å². The van der Waals surface area contributed by atoms with E-state index in [1.807, 2.05) is 13.8 Å². The fourth-order valence-electron chi connectivity index (χ4n) is 1.89. The van der Waals surface area contributed by atoms with Crippen molar-refractivity contribution in [3.05, 3.63) is 24.0 Å². The summed E-state index contributed by atoms with van der Waals surface area (Å²) in [5, 5.41) is 7.42. The predicted molar refractivity (Wildman–Crippen MR) is 74.5 cm³/mol. The second kappa shape index (κ2) is 5.28. The largest absolute Gasteiger partial charge is 0.341 e. The molecule has 7 nitrogen and oxygen atoms in total. The highest BCUT2D eigenvalue weighted by atomic mass is 16.2. The molecule has 0 atom stereocenters. The number of imide groups is 1. The Morgan fingerprint density at radius 1 is 1.35 bits per heavy atom. The van der Waals surface area contributed by atoms with Crippen molar-refractivity contribution in [2.24, 2.45) is 0 Å². The highest BCUT2D eigenvalue weighted by molar-refractivity contribution is 6.05. The zero-order chi connectivity index (χ0) is 14.9. The molecule has 3 amide bonds. The Morgan fingerprint density at radius 3 is 2.65 bits per heavy atom. The third-order valence-corrected chi connectivity index (χ3v) is 2.99. The second-order valence-electron chi connectivity index (χ2n) is 4.74. The van der Waals surface area contributed by atoms with Gasteiger partial charge in [-0.2, -0.15) is 5.10 Å². The Balaban J connectivity index is 2.38. The molecule has 7 heteroatoms. The van der Waals surface area contributed by atoms with E-state index in [9.17, 15) is 9.59 Å². The van der Waals surface area contributed by atoms with Gasteiger partial charge in [0.2, 0.25) is 0 Å². The summed E-state index contributed by atoms with van der Waals surface area (Å²) in [7, 11) is 2.89. The fraction of sp³-hybridized carbons (Fsp3) is 0.385. The van der Waals surface area contributed by atoms with E-state index in [4.69, 9.17) is 0 Å². The second-order valence-corrected chi connectivity index (χ2v) is 4.74. The summed E-state index contributed by atoms with van der Waals surface area (Å²) in [6, 6.07) is 1.42. The average Bonchev–Trinajstić information content (AvgIpc) is 2.87. The maximum atomic E-state index is 12.1. The van der Waals surface area contributed by atoms with Crippen LogP contribution in [0.4, 0.5) is 4.79 Å². The molecule has 2 aromatic heterocycles. The molecule has 0 aliphatic rings. The lowest BCUT2D eigenvalue weighted by Gasteiger charge is -2.14. The van der Waals surface area contributed by atoms with Gasteiger partial charge in [-0.05, 0) is 19.9 Å². The Labute approximate surface area is 116 Å². The third kappa shape index (κ3) is 2.34. The molecule has 0 fully saturated rings. The van der Waals surface area contributed by atoms with E-state index in [2.05, 4.69) is 15.4 Å². The Hall–Kier alpha value is -2.44. The van der Waals surface area contributed by atoms with E-state index in [1.165, 1.54) is 20.3 Å².